The molecule has 98 valence electrons. The zero-order valence-electron chi connectivity index (χ0n) is 10.0. The van der Waals surface area contributed by atoms with Gasteiger partial charge in [0.05, 0.1) is 12.1 Å². The van der Waals surface area contributed by atoms with Gasteiger partial charge in [-0.3, -0.25) is 4.79 Å². The van der Waals surface area contributed by atoms with E-state index in [9.17, 15) is 9.18 Å². The summed E-state index contributed by atoms with van der Waals surface area (Å²) in [5.74, 6) is -0.732. The number of benzene rings is 1. The predicted molar refractivity (Wildman–Crippen MR) is 71.3 cm³/mol. The van der Waals surface area contributed by atoms with E-state index in [0.29, 0.717) is 29.9 Å². The molecule has 1 aromatic carbocycles. The number of thiocarbonyl (C=S) groups is 1. The molecule has 6 heteroatoms. The van der Waals surface area contributed by atoms with Crippen molar-refractivity contribution in [3.8, 4) is 5.75 Å². The number of nitrogens with two attached hydrogens (primary N) is 1. The van der Waals surface area contributed by atoms with E-state index in [2.05, 4.69) is 5.32 Å². The van der Waals surface area contributed by atoms with Gasteiger partial charge >= 0.3 is 0 Å². The Morgan fingerprint density at radius 2 is 2.28 bits per heavy atom. The Hall–Kier alpha value is -1.69. The van der Waals surface area contributed by atoms with Gasteiger partial charge < -0.3 is 15.8 Å². The van der Waals surface area contributed by atoms with Crippen LogP contribution >= 0.6 is 12.2 Å². The number of carbonyl (C=O) groups excluding carboxylic acids is 1. The minimum Gasteiger partial charge on any atom is -0.494 e. The highest BCUT2D eigenvalue weighted by atomic mass is 32.1. The van der Waals surface area contributed by atoms with Gasteiger partial charge in [-0.1, -0.05) is 12.2 Å². The van der Waals surface area contributed by atoms with Crippen LogP contribution in [0.4, 0.5) is 4.39 Å². The maximum atomic E-state index is 13.1. The smallest absolute Gasteiger partial charge is 0.251 e. The Morgan fingerprint density at radius 1 is 1.56 bits per heavy atom. The minimum atomic E-state index is -0.498. The van der Waals surface area contributed by atoms with Gasteiger partial charge in [0.25, 0.3) is 5.91 Å². The number of hydrogen-bond donors (Lipinski definition) is 2. The molecule has 1 amide bonds. The summed E-state index contributed by atoms with van der Waals surface area (Å²) in [5, 5.41) is 2.69. The van der Waals surface area contributed by atoms with Gasteiger partial charge in [0.15, 0.2) is 11.6 Å². The molecule has 1 rings (SSSR count). The first-order chi connectivity index (χ1) is 8.54. The van der Waals surface area contributed by atoms with Crippen LogP contribution < -0.4 is 15.8 Å². The van der Waals surface area contributed by atoms with E-state index in [1.165, 1.54) is 25.3 Å². The second-order valence-electron chi connectivity index (χ2n) is 3.68. The van der Waals surface area contributed by atoms with E-state index in [-0.39, 0.29) is 11.7 Å². The Labute approximate surface area is 110 Å². The molecule has 4 nitrogen and oxygen atoms in total. The lowest BCUT2D eigenvalue weighted by Gasteiger charge is -2.07. The molecule has 0 spiro atoms. The fraction of sp³-hybridized carbons (Fsp3) is 0.333. The van der Waals surface area contributed by atoms with E-state index in [0.717, 1.165) is 0 Å². The van der Waals surface area contributed by atoms with Crippen molar-refractivity contribution in [2.75, 3.05) is 13.7 Å². The third-order valence-corrected chi connectivity index (χ3v) is 2.50. The van der Waals surface area contributed by atoms with Crippen LogP contribution in [0.1, 0.15) is 23.2 Å². The van der Waals surface area contributed by atoms with E-state index in [1.807, 2.05) is 0 Å². The quantitative estimate of drug-likeness (QED) is 0.609. The zero-order valence-corrected chi connectivity index (χ0v) is 10.8. The van der Waals surface area contributed by atoms with Crippen molar-refractivity contribution >= 4 is 23.1 Å². The first-order valence-electron chi connectivity index (χ1n) is 5.44. The maximum Gasteiger partial charge on any atom is 0.251 e. The van der Waals surface area contributed by atoms with Gasteiger partial charge in [0.2, 0.25) is 0 Å². The van der Waals surface area contributed by atoms with Crippen LogP contribution in [-0.2, 0) is 0 Å². The fourth-order valence-corrected chi connectivity index (χ4v) is 1.51. The van der Waals surface area contributed by atoms with Crippen molar-refractivity contribution in [3.05, 3.63) is 29.6 Å². The Balaban J connectivity index is 2.53. The molecule has 18 heavy (non-hydrogen) atoms. The highest BCUT2D eigenvalue weighted by molar-refractivity contribution is 7.80. The predicted octanol–water partition coefficient (Wildman–Crippen LogP) is 1.63. The summed E-state index contributed by atoms with van der Waals surface area (Å²) >= 11 is 4.72. The van der Waals surface area contributed by atoms with Crippen LogP contribution in [0.25, 0.3) is 0 Å². The van der Waals surface area contributed by atoms with Crippen molar-refractivity contribution in [1.29, 1.82) is 0 Å². The molecule has 0 atom stereocenters. The third-order valence-electron chi connectivity index (χ3n) is 2.30. The summed E-state index contributed by atoms with van der Waals surface area (Å²) in [6.07, 6.45) is 1.27. The molecule has 0 unspecified atom stereocenters. The topological polar surface area (TPSA) is 64.3 Å². The molecule has 0 aromatic heterocycles. The number of nitrogens with one attached hydrogen (secondary N) is 1. The first-order valence-corrected chi connectivity index (χ1v) is 5.85. The van der Waals surface area contributed by atoms with E-state index in [4.69, 9.17) is 22.7 Å². The lowest BCUT2D eigenvalue weighted by molar-refractivity contribution is 0.0953. The second-order valence-corrected chi connectivity index (χ2v) is 4.20. The lowest BCUT2D eigenvalue weighted by Crippen LogP contribution is -2.25. The number of hydrogen-bond acceptors (Lipinski definition) is 3. The van der Waals surface area contributed by atoms with Crippen molar-refractivity contribution in [1.82, 2.24) is 5.32 Å². The molecule has 0 aliphatic carbocycles. The fourth-order valence-electron chi connectivity index (χ4n) is 1.37. The molecule has 3 N–H and O–H groups in total. The highest BCUT2D eigenvalue weighted by Crippen LogP contribution is 2.17. The Morgan fingerprint density at radius 3 is 2.89 bits per heavy atom. The summed E-state index contributed by atoms with van der Waals surface area (Å²) in [7, 11) is 1.35. The molecule has 0 saturated carbocycles. The zero-order chi connectivity index (χ0) is 13.5. The molecular weight excluding hydrogens is 255 g/mol. The molecule has 0 fully saturated rings. The maximum absolute atomic E-state index is 13.1. The highest BCUT2D eigenvalue weighted by Gasteiger charge is 2.09. The molecule has 0 bridgehead atoms. The number of methoxy groups -OCH3 is 1. The monoisotopic (exact) mass is 270 g/mol. The van der Waals surface area contributed by atoms with Crippen LogP contribution in [0.2, 0.25) is 0 Å². The largest absolute Gasteiger partial charge is 0.494 e. The molecule has 0 saturated heterocycles. The SMILES string of the molecule is COc1cc(C(=O)NCCCC(N)=S)ccc1F. The van der Waals surface area contributed by atoms with E-state index >= 15 is 0 Å². The lowest BCUT2D eigenvalue weighted by atomic mass is 10.2. The van der Waals surface area contributed by atoms with Gasteiger partial charge in [0.1, 0.15) is 0 Å². The third kappa shape index (κ3) is 4.29. The van der Waals surface area contributed by atoms with E-state index < -0.39 is 5.82 Å². The normalized spacial score (nSPS) is 9.89. The summed E-state index contributed by atoms with van der Waals surface area (Å²) < 4.78 is 17.9. The number of amides is 1. The Bertz CT molecular complexity index is 452. The number of carbonyl (C=O) groups is 1. The molecule has 1 aromatic rings. The van der Waals surface area contributed by atoms with Gasteiger partial charge in [-0.25, -0.2) is 4.39 Å². The minimum absolute atomic E-state index is 0.0470. The van der Waals surface area contributed by atoms with Crippen molar-refractivity contribution in [3.63, 3.8) is 0 Å². The van der Waals surface area contributed by atoms with Crippen LogP contribution in [0.5, 0.6) is 5.75 Å². The van der Waals surface area contributed by atoms with Crippen LogP contribution in [0.3, 0.4) is 0 Å². The molecule has 0 heterocycles. The molecule has 0 radical (unpaired) electrons. The van der Waals surface area contributed by atoms with Gasteiger partial charge in [-0.15, -0.1) is 0 Å². The van der Waals surface area contributed by atoms with E-state index in [1.54, 1.807) is 0 Å². The van der Waals surface area contributed by atoms with Crippen LogP contribution in [0, 0.1) is 5.82 Å². The number of halogens is 1. The first kappa shape index (κ1) is 14.4. The van der Waals surface area contributed by atoms with Crippen molar-refractivity contribution < 1.29 is 13.9 Å². The summed E-state index contributed by atoms with van der Waals surface area (Å²) in [5.41, 5.74) is 5.69. The second kappa shape index (κ2) is 6.90. The average Bonchev–Trinajstić information content (AvgIpc) is 2.34. The molecule has 0 aliphatic heterocycles. The average molecular weight is 270 g/mol. The van der Waals surface area contributed by atoms with Gasteiger partial charge in [-0.05, 0) is 31.0 Å². The van der Waals surface area contributed by atoms with Crippen LogP contribution in [0.15, 0.2) is 18.2 Å². The Kier molecular flexibility index (Phi) is 5.51. The number of ether oxygens (including phenoxy) is 1. The molecule has 0 aliphatic rings. The summed E-state index contributed by atoms with van der Waals surface area (Å²) in [6.45, 7) is 0.468. The van der Waals surface area contributed by atoms with Crippen molar-refractivity contribution in [2.45, 2.75) is 12.8 Å². The molecular formula is C12H15FN2O2S. The van der Waals surface area contributed by atoms with Gasteiger partial charge in [-0.2, -0.15) is 0 Å². The van der Waals surface area contributed by atoms with Crippen LogP contribution in [-0.4, -0.2) is 24.6 Å². The summed E-state index contributed by atoms with van der Waals surface area (Å²) in [4.78, 5) is 12.1. The summed E-state index contributed by atoms with van der Waals surface area (Å²) in [6, 6.07) is 3.96. The number of rotatable bonds is 6. The standard InChI is InChI=1S/C12H15FN2O2S/c1-17-10-7-8(4-5-9(10)13)12(16)15-6-2-3-11(14)18/h4-5,7H,2-3,6H2,1H3,(H2,14,18)(H,15,16). The van der Waals surface area contributed by atoms with Crippen molar-refractivity contribution in [2.24, 2.45) is 5.73 Å². The van der Waals surface area contributed by atoms with Gasteiger partial charge in [0, 0.05) is 12.1 Å².